The van der Waals surface area contributed by atoms with Crippen molar-refractivity contribution in [2.24, 2.45) is 5.41 Å². The number of aryl methyl sites for hydroxylation is 2. The molecule has 2 saturated heterocycles. The molecule has 2 aliphatic rings. The maximum absolute atomic E-state index is 9.81. The summed E-state index contributed by atoms with van der Waals surface area (Å²) < 4.78 is 10.9. The number of aliphatic hydroxyl groups is 1. The number of hydrogen-bond donors (Lipinski definition) is 1. The molecule has 98 valence electrons. The molecule has 0 saturated carbocycles. The lowest BCUT2D eigenvalue weighted by molar-refractivity contribution is -0.242. The summed E-state index contributed by atoms with van der Waals surface area (Å²) in [6.07, 6.45) is 0. The Morgan fingerprint density at radius 1 is 1.11 bits per heavy atom. The molecule has 3 nitrogen and oxygen atoms in total. The minimum atomic E-state index is -0.148. The molecule has 1 aromatic rings. The highest BCUT2D eigenvalue weighted by atomic mass is 16.5. The first-order valence-electron chi connectivity index (χ1n) is 6.48. The van der Waals surface area contributed by atoms with E-state index in [1.54, 1.807) is 0 Å². The largest absolute Gasteiger partial charge is 0.396 e. The Bertz CT molecular complexity index is 453. The van der Waals surface area contributed by atoms with Crippen LogP contribution >= 0.6 is 0 Å². The minimum Gasteiger partial charge on any atom is -0.396 e. The molecule has 1 aromatic carbocycles. The molecule has 2 aliphatic heterocycles. The van der Waals surface area contributed by atoms with E-state index < -0.39 is 0 Å². The molecule has 3 rings (SSSR count). The van der Waals surface area contributed by atoms with Gasteiger partial charge in [-0.1, -0.05) is 23.8 Å². The van der Waals surface area contributed by atoms with Crippen LogP contribution in [0.2, 0.25) is 0 Å². The van der Waals surface area contributed by atoms with Gasteiger partial charge in [-0.25, -0.2) is 0 Å². The number of aliphatic hydroxyl groups excluding tert-OH is 1. The van der Waals surface area contributed by atoms with E-state index in [1.807, 2.05) is 0 Å². The second-order valence-electron chi connectivity index (χ2n) is 5.82. The maximum atomic E-state index is 9.81. The van der Waals surface area contributed by atoms with Gasteiger partial charge in [0.25, 0.3) is 0 Å². The lowest BCUT2D eigenvalue weighted by Gasteiger charge is -2.59. The normalized spacial score (nSPS) is 24.2. The fourth-order valence-electron chi connectivity index (χ4n) is 3.27. The van der Waals surface area contributed by atoms with Crippen LogP contribution in [0.25, 0.3) is 0 Å². The maximum Gasteiger partial charge on any atom is 0.0593 e. The number of ether oxygens (including phenoxy) is 2. The SMILES string of the molecule is Cc1ccc(C2(C3(CO)COC3)COC2)c(C)c1. The highest BCUT2D eigenvalue weighted by Crippen LogP contribution is 2.52. The van der Waals surface area contributed by atoms with Gasteiger partial charge in [0.2, 0.25) is 0 Å². The van der Waals surface area contributed by atoms with Crippen LogP contribution in [0.15, 0.2) is 18.2 Å². The molecule has 0 amide bonds. The van der Waals surface area contributed by atoms with Crippen LogP contribution in [0, 0.1) is 19.3 Å². The topological polar surface area (TPSA) is 38.7 Å². The van der Waals surface area contributed by atoms with Crippen LogP contribution in [-0.2, 0) is 14.9 Å². The third kappa shape index (κ3) is 1.41. The summed E-state index contributed by atoms with van der Waals surface area (Å²) in [5.41, 5.74) is 3.67. The van der Waals surface area contributed by atoms with Gasteiger partial charge in [0.05, 0.1) is 43.9 Å². The summed E-state index contributed by atoms with van der Waals surface area (Å²) in [7, 11) is 0. The predicted octanol–water partition coefficient (Wildman–Crippen LogP) is 1.58. The summed E-state index contributed by atoms with van der Waals surface area (Å²) in [5, 5.41) is 9.81. The van der Waals surface area contributed by atoms with Crippen molar-refractivity contribution >= 4 is 0 Å². The summed E-state index contributed by atoms with van der Waals surface area (Å²) in [4.78, 5) is 0. The van der Waals surface area contributed by atoms with Crippen molar-refractivity contribution in [3.63, 3.8) is 0 Å². The Balaban J connectivity index is 2.06. The first-order chi connectivity index (χ1) is 8.63. The van der Waals surface area contributed by atoms with E-state index in [4.69, 9.17) is 9.47 Å². The van der Waals surface area contributed by atoms with Crippen molar-refractivity contribution in [3.8, 4) is 0 Å². The summed E-state index contributed by atoms with van der Waals surface area (Å²) in [6, 6.07) is 6.55. The number of rotatable bonds is 3. The fraction of sp³-hybridized carbons (Fsp3) is 0.600. The molecule has 3 heteroatoms. The Kier molecular flexibility index (Phi) is 2.73. The van der Waals surface area contributed by atoms with E-state index in [1.165, 1.54) is 16.7 Å². The highest BCUT2D eigenvalue weighted by Gasteiger charge is 2.61. The fourth-order valence-corrected chi connectivity index (χ4v) is 3.27. The average molecular weight is 248 g/mol. The zero-order chi connectivity index (χ0) is 12.8. The molecule has 2 fully saturated rings. The van der Waals surface area contributed by atoms with Crippen LogP contribution in [-0.4, -0.2) is 38.1 Å². The van der Waals surface area contributed by atoms with Crippen molar-refractivity contribution in [1.82, 2.24) is 0 Å². The predicted molar refractivity (Wildman–Crippen MR) is 68.8 cm³/mol. The van der Waals surface area contributed by atoms with Crippen molar-refractivity contribution in [3.05, 3.63) is 34.9 Å². The van der Waals surface area contributed by atoms with Gasteiger partial charge >= 0.3 is 0 Å². The molecule has 0 bridgehead atoms. The van der Waals surface area contributed by atoms with Crippen LogP contribution in [0.1, 0.15) is 16.7 Å². The Labute approximate surface area is 108 Å². The monoisotopic (exact) mass is 248 g/mol. The van der Waals surface area contributed by atoms with E-state index in [9.17, 15) is 5.11 Å². The van der Waals surface area contributed by atoms with E-state index in [0.29, 0.717) is 26.4 Å². The summed E-state index contributed by atoms with van der Waals surface area (Å²) in [6.45, 7) is 7.09. The quantitative estimate of drug-likeness (QED) is 0.882. The lowest BCUT2D eigenvalue weighted by Crippen LogP contribution is -2.68. The van der Waals surface area contributed by atoms with Crippen molar-refractivity contribution in [1.29, 1.82) is 0 Å². The van der Waals surface area contributed by atoms with Gasteiger partial charge in [-0.15, -0.1) is 0 Å². The molecule has 1 N–H and O–H groups in total. The molecular weight excluding hydrogens is 228 g/mol. The molecule has 0 unspecified atom stereocenters. The smallest absolute Gasteiger partial charge is 0.0593 e. The zero-order valence-electron chi connectivity index (χ0n) is 11.0. The molecule has 0 aromatic heterocycles. The van der Waals surface area contributed by atoms with Gasteiger partial charge in [0, 0.05) is 0 Å². The van der Waals surface area contributed by atoms with Crippen LogP contribution in [0.4, 0.5) is 0 Å². The third-order valence-electron chi connectivity index (χ3n) is 4.67. The minimum absolute atomic E-state index is 0.0578. The van der Waals surface area contributed by atoms with Crippen LogP contribution in [0.5, 0.6) is 0 Å². The third-order valence-corrected chi connectivity index (χ3v) is 4.67. The van der Waals surface area contributed by atoms with Crippen molar-refractivity contribution in [2.75, 3.05) is 33.0 Å². The van der Waals surface area contributed by atoms with Gasteiger partial charge < -0.3 is 14.6 Å². The van der Waals surface area contributed by atoms with E-state index in [2.05, 4.69) is 32.0 Å². The first kappa shape index (κ1) is 12.2. The van der Waals surface area contributed by atoms with E-state index in [0.717, 1.165) is 0 Å². The van der Waals surface area contributed by atoms with Gasteiger partial charge in [-0.2, -0.15) is 0 Å². The van der Waals surface area contributed by atoms with Gasteiger partial charge in [0.1, 0.15) is 0 Å². The molecule has 0 spiro atoms. The number of benzene rings is 1. The summed E-state index contributed by atoms with van der Waals surface area (Å²) in [5.74, 6) is 0. The molecule has 2 heterocycles. The standard InChI is InChI=1S/C15H20O3/c1-11-3-4-13(12(2)5-11)15(9-18-10-15)14(6-16)7-17-8-14/h3-5,16H,6-10H2,1-2H3. The second kappa shape index (κ2) is 4.05. The highest BCUT2D eigenvalue weighted by molar-refractivity contribution is 5.41. The van der Waals surface area contributed by atoms with Gasteiger partial charge in [-0.3, -0.25) is 0 Å². The van der Waals surface area contributed by atoms with E-state index >= 15 is 0 Å². The summed E-state index contributed by atoms with van der Waals surface area (Å²) >= 11 is 0. The first-order valence-corrected chi connectivity index (χ1v) is 6.48. The average Bonchev–Trinajstić information content (AvgIpc) is 2.22. The Morgan fingerprint density at radius 2 is 1.78 bits per heavy atom. The van der Waals surface area contributed by atoms with Crippen molar-refractivity contribution < 1.29 is 14.6 Å². The van der Waals surface area contributed by atoms with Crippen LogP contribution in [0.3, 0.4) is 0 Å². The van der Waals surface area contributed by atoms with Gasteiger partial charge in [0.15, 0.2) is 0 Å². The van der Waals surface area contributed by atoms with Crippen molar-refractivity contribution in [2.45, 2.75) is 19.3 Å². The molecule has 0 atom stereocenters. The van der Waals surface area contributed by atoms with Gasteiger partial charge in [-0.05, 0) is 25.0 Å². The van der Waals surface area contributed by atoms with E-state index in [-0.39, 0.29) is 17.4 Å². The second-order valence-corrected chi connectivity index (χ2v) is 5.82. The zero-order valence-corrected chi connectivity index (χ0v) is 11.0. The lowest BCUT2D eigenvalue weighted by atomic mass is 9.57. The molecule has 0 aliphatic carbocycles. The molecule has 18 heavy (non-hydrogen) atoms. The Morgan fingerprint density at radius 3 is 2.17 bits per heavy atom. The molecular formula is C15H20O3. The van der Waals surface area contributed by atoms with Crippen LogP contribution < -0.4 is 0 Å². The Hall–Kier alpha value is -0.900. The molecule has 0 radical (unpaired) electrons. The number of hydrogen-bond acceptors (Lipinski definition) is 3.